The van der Waals surface area contributed by atoms with Crippen LogP contribution in [0.4, 0.5) is 5.69 Å². The summed E-state index contributed by atoms with van der Waals surface area (Å²) in [7, 11) is 0. The highest BCUT2D eigenvalue weighted by Crippen LogP contribution is 2.17. The van der Waals surface area contributed by atoms with E-state index in [1.807, 2.05) is 48.5 Å². The first-order chi connectivity index (χ1) is 10.6. The molecule has 0 unspecified atom stereocenters. The lowest BCUT2D eigenvalue weighted by molar-refractivity contribution is 0.0949. The highest BCUT2D eigenvalue weighted by atomic mass is 35.5. The Morgan fingerprint density at radius 3 is 2.64 bits per heavy atom. The molecule has 1 amide bonds. The largest absolute Gasteiger partial charge is 0.381 e. The van der Waals surface area contributed by atoms with Gasteiger partial charge in [0.05, 0.1) is 0 Å². The van der Waals surface area contributed by atoms with Gasteiger partial charge in [-0.15, -0.1) is 0 Å². The second kappa shape index (κ2) is 7.85. The number of hydrogen-bond acceptors (Lipinski definition) is 2. The predicted octanol–water partition coefficient (Wildman–Crippen LogP) is 4.34. The molecule has 0 saturated heterocycles. The molecule has 3 nitrogen and oxygen atoms in total. The van der Waals surface area contributed by atoms with Crippen LogP contribution in [0.3, 0.4) is 0 Å². The van der Waals surface area contributed by atoms with Crippen LogP contribution in [0.2, 0.25) is 5.02 Å². The van der Waals surface area contributed by atoms with E-state index < -0.39 is 0 Å². The van der Waals surface area contributed by atoms with Gasteiger partial charge in [-0.2, -0.15) is 0 Å². The molecular weight excluding hydrogens is 296 g/mol. The minimum absolute atomic E-state index is 0.0462. The Morgan fingerprint density at radius 1 is 1.14 bits per heavy atom. The third-order valence-corrected chi connectivity index (χ3v) is 3.61. The standard InChI is InChI=1S/C18H21ClN2O/c1-13(2)11-21-18(22)14-7-5-8-16(10-14)20-12-15-6-3-4-9-17(15)19/h3-10,13,20H,11-12H2,1-2H3,(H,21,22). The molecule has 0 spiro atoms. The van der Waals surface area contributed by atoms with E-state index in [1.165, 1.54) is 0 Å². The summed E-state index contributed by atoms with van der Waals surface area (Å²) >= 11 is 6.14. The average Bonchev–Trinajstić information content (AvgIpc) is 2.52. The predicted molar refractivity (Wildman–Crippen MR) is 92.4 cm³/mol. The van der Waals surface area contributed by atoms with Crippen LogP contribution >= 0.6 is 11.6 Å². The summed E-state index contributed by atoms with van der Waals surface area (Å²) in [4.78, 5) is 12.1. The zero-order valence-corrected chi connectivity index (χ0v) is 13.7. The van der Waals surface area contributed by atoms with E-state index in [2.05, 4.69) is 24.5 Å². The molecule has 0 aromatic heterocycles. The van der Waals surface area contributed by atoms with E-state index >= 15 is 0 Å². The van der Waals surface area contributed by atoms with Crippen LogP contribution in [0.15, 0.2) is 48.5 Å². The van der Waals surface area contributed by atoms with Gasteiger partial charge in [0.15, 0.2) is 0 Å². The molecule has 0 aliphatic rings. The molecule has 0 radical (unpaired) electrons. The second-order valence-electron chi connectivity index (χ2n) is 5.63. The van der Waals surface area contributed by atoms with E-state index in [4.69, 9.17) is 11.6 Å². The number of anilines is 1. The smallest absolute Gasteiger partial charge is 0.251 e. The zero-order valence-electron chi connectivity index (χ0n) is 12.9. The van der Waals surface area contributed by atoms with Crippen LogP contribution in [0.5, 0.6) is 0 Å². The van der Waals surface area contributed by atoms with Crippen molar-refractivity contribution in [1.82, 2.24) is 5.32 Å². The number of amides is 1. The van der Waals surface area contributed by atoms with Crippen molar-refractivity contribution in [1.29, 1.82) is 0 Å². The Bertz CT molecular complexity index is 640. The molecule has 0 aliphatic carbocycles. The SMILES string of the molecule is CC(C)CNC(=O)c1cccc(NCc2ccccc2Cl)c1. The van der Waals surface area contributed by atoms with E-state index in [-0.39, 0.29) is 5.91 Å². The summed E-state index contributed by atoms with van der Waals surface area (Å²) in [5.74, 6) is 0.389. The van der Waals surface area contributed by atoms with Crippen molar-refractivity contribution < 1.29 is 4.79 Å². The van der Waals surface area contributed by atoms with Crippen LogP contribution in [0.25, 0.3) is 0 Å². The van der Waals surface area contributed by atoms with Gasteiger partial charge >= 0.3 is 0 Å². The molecule has 0 saturated carbocycles. The number of rotatable bonds is 6. The maximum Gasteiger partial charge on any atom is 0.251 e. The highest BCUT2D eigenvalue weighted by molar-refractivity contribution is 6.31. The number of benzene rings is 2. The molecule has 0 bridgehead atoms. The molecule has 4 heteroatoms. The third-order valence-electron chi connectivity index (χ3n) is 3.24. The van der Waals surface area contributed by atoms with Gasteiger partial charge in [-0.3, -0.25) is 4.79 Å². The molecule has 0 fully saturated rings. The van der Waals surface area contributed by atoms with Gasteiger partial charge in [0.2, 0.25) is 0 Å². The van der Waals surface area contributed by atoms with E-state index in [1.54, 1.807) is 0 Å². The van der Waals surface area contributed by atoms with Crippen LogP contribution in [0.1, 0.15) is 29.8 Å². The van der Waals surface area contributed by atoms with Crippen molar-refractivity contribution in [3.05, 3.63) is 64.7 Å². The molecule has 2 aromatic rings. The Hall–Kier alpha value is -2.00. The molecule has 0 atom stereocenters. The molecule has 0 aliphatic heterocycles. The fourth-order valence-corrected chi connectivity index (χ4v) is 2.21. The zero-order chi connectivity index (χ0) is 15.9. The van der Waals surface area contributed by atoms with Gasteiger partial charge in [0.25, 0.3) is 5.91 Å². The van der Waals surface area contributed by atoms with Crippen LogP contribution in [-0.4, -0.2) is 12.5 Å². The molecule has 22 heavy (non-hydrogen) atoms. The van der Waals surface area contributed by atoms with Crippen molar-refractivity contribution in [3.63, 3.8) is 0 Å². The maximum atomic E-state index is 12.1. The van der Waals surface area contributed by atoms with Crippen LogP contribution in [-0.2, 0) is 6.54 Å². The quantitative estimate of drug-likeness (QED) is 0.832. The number of carbonyl (C=O) groups is 1. The second-order valence-corrected chi connectivity index (χ2v) is 6.04. The van der Waals surface area contributed by atoms with Crippen LogP contribution in [0, 0.1) is 5.92 Å². The lowest BCUT2D eigenvalue weighted by Gasteiger charge is -2.11. The Morgan fingerprint density at radius 2 is 1.91 bits per heavy atom. The summed E-state index contributed by atoms with van der Waals surface area (Å²) in [6.45, 7) is 5.44. The minimum atomic E-state index is -0.0462. The van der Waals surface area contributed by atoms with Crippen molar-refractivity contribution in [2.24, 2.45) is 5.92 Å². The van der Waals surface area contributed by atoms with Gasteiger partial charge in [0.1, 0.15) is 0 Å². The lowest BCUT2D eigenvalue weighted by Crippen LogP contribution is -2.27. The summed E-state index contributed by atoms with van der Waals surface area (Å²) in [5.41, 5.74) is 2.58. The normalized spacial score (nSPS) is 10.5. The number of hydrogen-bond donors (Lipinski definition) is 2. The average molecular weight is 317 g/mol. The minimum Gasteiger partial charge on any atom is -0.381 e. The summed E-state index contributed by atoms with van der Waals surface area (Å²) in [6.07, 6.45) is 0. The summed E-state index contributed by atoms with van der Waals surface area (Å²) in [6, 6.07) is 15.2. The van der Waals surface area contributed by atoms with Crippen molar-refractivity contribution in [2.75, 3.05) is 11.9 Å². The molecule has 2 aromatic carbocycles. The monoisotopic (exact) mass is 316 g/mol. The van der Waals surface area contributed by atoms with Crippen LogP contribution < -0.4 is 10.6 Å². The lowest BCUT2D eigenvalue weighted by atomic mass is 10.1. The summed E-state index contributed by atoms with van der Waals surface area (Å²) in [5, 5.41) is 6.96. The number of nitrogens with one attached hydrogen (secondary N) is 2. The third kappa shape index (κ3) is 4.78. The fraction of sp³-hybridized carbons (Fsp3) is 0.278. The van der Waals surface area contributed by atoms with Gasteiger partial charge in [0, 0.05) is 29.4 Å². The van der Waals surface area contributed by atoms with Crippen molar-refractivity contribution in [2.45, 2.75) is 20.4 Å². The van der Waals surface area contributed by atoms with Gasteiger partial charge < -0.3 is 10.6 Å². The molecular formula is C18H21ClN2O. The van der Waals surface area contributed by atoms with E-state index in [9.17, 15) is 4.79 Å². The topological polar surface area (TPSA) is 41.1 Å². The van der Waals surface area contributed by atoms with E-state index in [0.29, 0.717) is 24.6 Å². The van der Waals surface area contributed by atoms with Crippen molar-refractivity contribution >= 4 is 23.2 Å². The first kappa shape index (κ1) is 16.4. The number of halogens is 1. The molecule has 2 N–H and O–H groups in total. The van der Waals surface area contributed by atoms with Gasteiger partial charge in [-0.05, 0) is 35.7 Å². The molecule has 0 heterocycles. The molecule has 116 valence electrons. The fourth-order valence-electron chi connectivity index (χ4n) is 2.01. The Labute approximate surface area is 136 Å². The summed E-state index contributed by atoms with van der Waals surface area (Å²) < 4.78 is 0. The van der Waals surface area contributed by atoms with Gasteiger partial charge in [-0.1, -0.05) is 49.7 Å². The number of carbonyl (C=O) groups excluding carboxylic acids is 1. The highest BCUT2D eigenvalue weighted by Gasteiger charge is 2.07. The molecule has 2 rings (SSSR count). The first-order valence-corrected chi connectivity index (χ1v) is 7.79. The Balaban J connectivity index is 1.99. The van der Waals surface area contributed by atoms with E-state index in [0.717, 1.165) is 16.3 Å². The Kier molecular flexibility index (Phi) is 5.84. The maximum absolute atomic E-state index is 12.1. The van der Waals surface area contributed by atoms with Crippen molar-refractivity contribution in [3.8, 4) is 0 Å². The first-order valence-electron chi connectivity index (χ1n) is 7.42. The van der Waals surface area contributed by atoms with Gasteiger partial charge in [-0.25, -0.2) is 0 Å².